The highest BCUT2D eigenvalue weighted by atomic mass is 19.1. The second kappa shape index (κ2) is 6.32. The second-order valence-corrected chi connectivity index (χ2v) is 5.58. The molecule has 1 heterocycles. The van der Waals surface area contributed by atoms with Crippen molar-refractivity contribution < 1.29 is 13.2 Å². The van der Waals surface area contributed by atoms with Crippen LogP contribution in [0.2, 0.25) is 0 Å². The van der Waals surface area contributed by atoms with Crippen molar-refractivity contribution in [1.82, 2.24) is 4.98 Å². The first-order valence-corrected chi connectivity index (χ1v) is 7.79. The summed E-state index contributed by atoms with van der Waals surface area (Å²) in [5.74, 6) is 0.296. The summed E-state index contributed by atoms with van der Waals surface area (Å²) in [6.07, 6.45) is 0. The van der Waals surface area contributed by atoms with Crippen LogP contribution < -0.4 is 0 Å². The highest BCUT2D eigenvalue weighted by Gasteiger charge is 2.18. The first kappa shape index (κ1) is 15.3. The summed E-state index contributed by atoms with van der Waals surface area (Å²) < 4.78 is 32.4. The SMILES string of the molecule is Fc1ccc(-c2nc(-c3ccccc3)c(-c3ccc(F)cc3)o2)cc1. The summed E-state index contributed by atoms with van der Waals surface area (Å²) in [4.78, 5) is 4.60. The van der Waals surface area contributed by atoms with Crippen molar-refractivity contribution in [2.24, 2.45) is 0 Å². The standard InChI is InChI=1S/C21H13F2NO/c22-17-10-6-15(7-11-17)20-19(14-4-2-1-3-5-14)24-21(25-20)16-8-12-18(23)13-9-16/h1-13H. The number of aromatic nitrogens is 1. The zero-order valence-corrected chi connectivity index (χ0v) is 13.1. The van der Waals surface area contributed by atoms with E-state index in [2.05, 4.69) is 4.98 Å². The molecule has 25 heavy (non-hydrogen) atoms. The van der Waals surface area contributed by atoms with Gasteiger partial charge in [0.25, 0.3) is 0 Å². The van der Waals surface area contributed by atoms with Crippen LogP contribution in [0.3, 0.4) is 0 Å². The zero-order valence-electron chi connectivity index (χ0n) is 13.1. The summed E-state index contributed by atoms with van der Waals surface area (Å²) in [5.41, 5.74) is 2.94. The molecule has 0 saturated heterocycles. The monoisotopic (exact) mass is 333 g/mol. The fourth-order valence-corrected chi connectivity index (χ4v) is 2.62. The third-order valence-corrected chi connectivity index (χ3v) is 3.87. The third kappa shape index (κ3) is 3.06. The van der Waals surface area contributed by atoms with E-state index in [1.54, 1.807) is 24.3 Å². The normalized spacial score (nSPS) is 10.8. The Labute approximate surface area is 143 Å². The van der Waals surface area contributed by atoms with Gasteiger partial charge in [0.2, 0.25) is 5.89 Å². The molecule has 0 bridgehead atoms. The molecule has 4 rings (SSSR count). The van der Waals surface area contributed by atoms with Gasteiger partial charge in [-0.05, 0) is 48.5 Å². The van der Waals surface area contributed by atoms with E-state index in [0.717, 1.165) is 11.1 Å². The molecule has 0 atom stereocenters. The van der Waals surface area contributed by atoms with E-state index in [9.17, 15) is 8.78 Å². The maximum absolute atomic E-state index is 13.3. The molecule has 0 saturated carbocycles. The van der Waals surface area contributed by atoms with E-state index in [1.807, 2.05) is 30.3 Å². The van der Waals surface area contributed by atoms with E-state index >= 15 is 0 Å². The topological polar surface area (TPSA) is 26.0 Å². The number of rotatable bonds is 3. The van der Waals surface area contributed by atoms with Crippen molar-refractivity contribution in [3.05, 3.63) is 90.5 Å². The van der Waals surface area contributed by atoms with Crippen molar-refractivity contribution in [3.63, 3.8) is 0 Å². The van der Waals surface area contributed by atoms with Crippen molar-refractivity contribution in [2.45, 2.75) is 0 Å². The van der Waals surface area contributed by atoms with Crippen LogP contribution in [-0.2, 0) is 0 Å². The van der Waals surface area contributed by atoms with Crippen LogP contribution in [0.25, 0.3) is 34.0 Å². The van der Waals surface area contributed by atoms with E-state index in [0.29, 0.717) is 22.9 Å². The zero-order chi connectivity index (χ0) is 17.2. The molecule has 2 nitrogen and oxygen atoms in total. The van der Waals surface area contributed by atoms with Crippen LogP contribution in [0.5, 0.6) is 0 Å². The molecule has 1 aromatic heterocycles. The summed E-state index contributed by atoms with van der Waals surface area (Å²) in [7, 11) is 0. The Morgan fingerprint density at radius 1 is 0.600 bits per heavy atom. The summed E-state index contributed by atoms with van der Waals surface area (Å²) in [6.45, 7) is 0. The molecule has 4 aromatic rings. The lowest BCUT2D eigenvalue weighted by molar-refractivity contribution is 0.587. The molecule has 0 aliphatic heterocycles. The Kier molecular flexibility index (Phi) is 3.86. The highest BCUT2D eigenvalue weighted by molar-refractivity contribution is 5.79. The number of hydrogen-bond acceptors (Lipinski definition) is 2. The lowest BCUT2D eigenvalue weighted by Gasteiger charge is -2.01. The quantitative estimate of drug-likeness (QED) is 0.463. The molecule has 0 fully saturated rings. The van der Waals surface area contributed by atoms with Gasteiger partial charge in [0.1, 0.15) is 17.3 Å². The molecular weight excluding hydrogens is 320 g/mol. The van der Waals surface area contributed by atoms with Gasteiger partial charge in [0.05, 0.1) is 0 Å². The lowest BCUT2D eigenvalue weighted by Crippen LogP contribution is -1.83. The fraction of sp³-hybridized carbons (Fsp3) is 0. The Bertz CT molecular complexity index is 991. The van der Waals surface area contributed by atoms with E-state index in [4.69, 9.17) is 4.42 Å². The van der Waals surface area contributed by atoms with Crippen LogP contribution in [0.4, 0.5) is 8.78 Å². The maximum atomic E-state index is 13.3. The van der Waals surface area contributed by atoms with Crippen molar-refractivity contribution >= 4 is 0 Å². The molecule has 0 spiro atoms. The lowest BCUT2D eigenvalue weighted by atomic mass is 10.1. The average molecular weight is 333 g/mol. The van der Waals surface area contributed by atoms with Gasteiger partial charge in [-0.15, -0.1) is 0 Å². The first-order valence-electron chi connectivity index (χ1n) is 7.79. The number of halogens is 2. The average Bonchev–Trinajstić information content (AvgIpc) is 3.09. The highest BCUT2D eigenvalue weighted by Crippen LogP contribution is 2.35. The Morgan fingerprint density at radius 2 is 1.16 bits per heavy atom. The van der Waals surface area contributed by atoms with Crippen LogP contribution >= 0.6 is 0 Å². The van der Waals surface area contributed by atoms with Crippen LogP contribution in [0.1, 0.15) is 0 Å². The molecule has 0 N–H and O–H groups in total. The molecular formula is C21H13F2NO. The number of nitrogens with zero attached hydrogens (tertiary/aromatic N) is 1. The molecule has 0 aliphatic carbocycles. The van der Waals surface area contributed by atoms with E-state index < -0.39 is 0 Å². The molecule has 0 aliphatic rings. The molecule has 3 aromatic carbocycles. The minimum absolute atomic E-state index is 0.316. The van der Waals surface area contributed by atoms with Crippen LogP contribution in [0, 0.1) is 11.6 Å². The maximum Gasteiger partial charge on any atom is 0.227 e. The number of benzene rings is 3. The minimum Gasteiger partial charge on any atom is -0.435 e. The Hall–Kier alpha value is -3.27. The molecule has 4 heteroatoms. The second-order valence-electron chi connectivity index (χ2n) is 5.58. The van der Waals surface area contributed by atoms with Gasteiger partial charge in [0.15, 0.2) is 5.76 Å². The molecule has 122 valence electrons. The summed E-state index contributed by atoms with van der Waals surface area (Å²) in [5, 5.41) is 0. The smallest absolute Gasteiger partial charge is 0.227 e. The Balaban J connectivity index is 1.89. The van der Waals surface area contributed by atoms with Crippen molar-refractivity contribution in [1.29, 1.82) is 0 Å². The first-order chi connectivity index (χ1) is 12.2. The van der Waals surface area contributed by atoms with Crippen molar-refractivity contribution in [2.75, 3.05) is 0 Å². The minimum atomic E-state index is -0.322. The summed E-state index contributed by atoms with van der Waals surface area (Å²) in [6, 6.07) is 21.6. The van der Waals surface area contributed by atoms with Gasteiger partial charge in [-0.2, -0.15) is 0 Å². The van der Waals surface area contributed by atoms with Gasteiger partial charge in [-0.3, -0.25) is 0 Å². The van der Waals surface area contributed by atoms with E-state index in [-0.39, 0.29) is 11.6 Å². The van der Waals surface area contributed by atoms with Gasteiger partial charge in [-0.25, -0.2) is 13.8 Å². The largest absolute Gasteiger partial charge is 0.435 e. The Morgan fingerprint density at radius 3 is 1.76 bits per heavy atom. The number of oxazole rings is 1. The van der Waals surface area contributed by atoms with Gasteiger partial charge in [0, 0.05) is 16.7 Å². The van der Waals surface area contributed by atoms with Gasteiger partial charge in [-0.1, -0.05) is 30.3 Å². The van der Waals surface area contributed by atoms with E-state index in [1.165, 1.54) is 24.3 Å². The predicted molar refractivity (Wildman–Crippen MR) is 92.7 cm³/mol. The van der Waals surface area contributed by atoms with Crippen LogP contribution in [0.15, 0.2) is 83.3 Å². The van der Waals surface area contributed by atoms with Crippen LogP contribution in [-0.4, -0.2) is 4.98 Å². The van der Waals surface area contributed by atoms with Crippen molar-refractivity contribution in [3.8, 4) is 34.0 Å². The van der Waals surface area contributed by atoms with Gasteiger partial charge >= 0.3 is 0 Å². The molecule has 0 unspecified atom stereocenters. The van der Waals surface area contributed by atoms with Gasteiger partial charge < -0.3 is 4.42 Å². The third-order valence-electron chi connectivity index (χ3n) is 3.87. The number of hydrogen-bond donors (Lipinski definition) is 0. The predicted octanol–water partition coefficient (Wildman–Crippen LogP) is 5.95. The summed E-state index contributed by atoms with van der Waals surface area (Å²) >= 11 is 0. The fourth-order valence-electron chi connectivity index (χ4n) is 2.62. The molecule has 0 radical (unpaired) electrons. The molecule has 0 amide bonds.